The summed E-state index contributed by atoms with van der Waals surface area (Å²) in [6.45, 7) is 8.65. The zero-order valence-corrected chi connectivity index (χ0v) is 15.7. The third-order valence-electron chi connectivity index (χ3n) is 5.51. The van der Waals surface area contributed by atoms with Gasteiger partial charge >= 0.3 is 11.9 Å². The minimum Gasteiger partial charge on any atom is -0.479 e. The number of carbonyl (C=O) groups is 3. The van der Waals surface area contributed by atoms with E-state index in [2.05, 4.69) is 6.58 Å². The highest BCUT2D eigenvalue weighted by Gasteiger charge is 2.52. The first-order valence-electron chi connectivity index (χ1n) is 9.07. The van der Waals surface area contributed by atoms with E-state index in [0.29, 0.717) is 12.0 Å². The van der Waals surface area contributed by atoms with Gasteiger partial charge in [0.1, 0.15) is 18.0 Å². The largest absolute Gasteiger partial charge is 0.479 e. The van der Waals surface area contributed by atoms with Crippen LogP contribution >= 0.6 is 0 Å². The molecule has 1 N–H and O–H groups in total. The lowest BCUT2D eigenvalue weighted by Gasteiger charge is -2.32. The number of carbonyl (C=O) groups excluding carboxylic acids is 3. The van der Waals surface area contributed by atoms with E-state index in [-0.39, 0.29) is 36.1 Å². The Morgan fingerprint density at radius 3 is 2.81 bits per heavy atom. The number of ketones is 1. The first-order chi connectivity index (χ1) is 12.7. The predicted octanol–water partition coefficient (Wildman–Crippen LogP) is 1.61. The van der Waals surface area contributed by atoms with Crippen LogP contribution in [-0.4, -0.2) is 47.2 Å². The third kappa shape index (κ3) is 3.32. The van der Waals surface area contributed by atoms with E-state index in [0.717, 1.165) is 0 Å². The van der Waals surface area contributed by atoms with Gasteiger partial charge in [0, 0.05) is 23.6 Å². The van der Waals surface area contributed by atoms with E-state index in [9.17, 15) is 19.5 Å². The number of hydrogen-bond acceptors (Lipinski definition) is 7. The van der Waals surface area contributed by atoms with Gasteiger partial charge in [-0.15, -0.1) is 0 Å². The van der Waals surface area contributed by atoms with Crippen molar-refractivity contribution in [2.75, 3.05) is 6.61 Å². The maximum absolute atomic E-state index is 12.5. The van der Waals surface area contributed by atoms with Crippen LogP contribution in [0.25, 0.3) is 0 Å². The summed E-state index contributed by atoms with van der Waals surface area (Å²) in [5.41, 5.74) is -0.734. The molecule has 2 bridgehead atoms. The molecule has 5 atom stereocenters. The minimum atomic E-state index is -1.26. The van der Waals surface area contributed by atoms with Gasteiger partial charge in [-0.3, -0.25) is 9.59 Å². The Morgan fingerprint density at radius 1 is 1.48 bits per heavy atom. The van der Waals surface area contributed by atoms with Gasteiger partial charge in [-0.1, -0.05) is 20.4 Å². The number of fused-ring (bicyclic) bond motifs is 3. The van der Waals surface area contributed by atoms with Gasteiger partial charge in [0.05, 0.1) is 18.4 Å². The normalized spacial score (nSPS) is 33.6. The summed E-state index contributed by atoms with van der Waals surface area (Å²) < 4.78 is 16.9. The van der Waals surface area contributed by atoms with Crippen molar-refractivity contribution in [1.29, 1.82) is 0 Å². The average molecular weight is 376 g/mol. The first-order valence-corrected chi connectivity index (χ1v) is 9.07. The van der Waals surface area contributed by atoms with E-state index in [1.807, 2.05) is 6.92 Å². The summed E-state index contributed by atoms with van der Waals surface area (Å²) in [4.78, 5) is 37.1. The monoisotopic (exact) mass is 376 g/mol. The van der Waals surface area contributed by atoms with Crippen molar-refractivity contribution in [2.45, 2.75) is 51.4 Å². The van der Waals surface area contributed by atoms with Gasteiger partial charge in [0.25, 0.3) is 0 Å². The SMILES string of the molecule is C=C1C(=O)O[C@H]2C=C(CO)C3=CC(=O)[C@](C)(C[C@@H](OC(=O)[C@H](C)CC)[C@@H]12)O3. The lowest BCUT2D eigenvalue weighted by Crippen LogP contribution is -2.43. The second kappa shape index (κ2) is 6.96. The van der Waals surface area contributed by atoms with Crippen LogP contribution in [0.1, 0.15) is 33.6 Å². The molecular formula is C20H24O7. The fourth-order valence-electron chi connectivity index (χ4n) is 3.54. The molecule has 0 aromatic heterocycles. The molecule has 3 rings (SSSR count). The lowest BCUT2D eigenvalue weighted by molar-refractivity contribution is -0.161. The van der Waals surface area contributed by atoms with Crippen molar-refractivity contribution in [3.8, 4) is 0 Å². The van der Waals surface area contributed by atoms with Crippen LogP contribution in [0.4, 0.5) is 0 Å². The smallest absolute Gasteiger partial charge is 0.334 e. The molecule has 3 heterocycles. The molecular weight excluding hydrogens is 352 g/mol. The topological polar surface area (TPSA) is 99.1 Å². The van der Waals surface area contributed by atoms with Crippen LogP contribution in [0.5, 0.6) is 0 Å². The maximum Gasteiger partial charge on any atom is 0.334 e. The second-order valence-corrected chi connectivity index (χ2v) is 7.47. The van der Waals surface area contributed by atoms with Gasteiger partial charge in [-0.05, 0) is 19.4 Å². The lowest BCUT2D eigenvalue weighted by atomic mass is 9.82. The molecule has 0 unspecified atom stereocenters. The first kappa shape index (κ1) is 19.4. The number of aliphatic hydroxyl groups excluding tert-OH is 1. The van der Waals surface area contributed by atoms with Crippen molar-refractivity contribution in [1.82, 2.24) is 0 Å². The summed E-state index contributed by atoms with van der Waals surface area (Å²) in [7, 11) is 0. The highest BCUT2D eigenvalue weighted by Crippen LogP contribution is 2.42. The predicted molar refractivity (Wildman–Crippen MR) is 94.2 cm³/mol. The van der Waals surface area contributed by atoms with Crippen LogP contribution in [0.15, 0.2) is 35.6 Å². The van der Waals surface area contributed by atoms with Crippen LogP contribution < -0.4 is 0 Å². The summed E-state index contributed by atoms with van der Waals surface area (Å²) >= 11 is 0. The standard InChI is InChI=1S/C20H24O7/c1-5-10(2)18(23)26-15-8-20(4)16(22)7-13(27-20)12(9-21)6-14-17(15)11(3)19(24)25-14/h6-7,10,14-15,17,21H,3,5,8-9H2,1-2,4H3/t10-,14+,15-,17+,20+/m1/s1. The molecule has 1 fully saturated rings. The molecule has 3 aliphatic rings. The molecule has 0 amide bonds. The molecule has 0 saturated carbocycles. The van der Waals surface area contributed by atoms with Gasteiger partial charge in [0.2, 0.25) is 5.78 Å². The number of aliphatic hydroxyl groups is 1. The molecule has 0 radical (unpaired) electrons. The fraction of sp³-hybridized carbons (Fsp3) is 0.550. The minimum absolute atomic E-state index is 0.0530. The van der Waals surface area contributed by atoms with Gasteiger partial charge in [0.15, 0.2) is 5.60 Å². The van der Waals surface area contributed by atoms with Crippen LogP contribution in [0.2, 0.25) is 0 Å². The molecule has 1 saturated heterocycles. The number of hydrogen-bond donors (Lipinski definition) is 1. The van der Waals surface area contributed by atoms with Crippen molar-refractivity contribution in [2.24, 2.45) is 11.8 Å². The Hall–Kier alpha value is -2.41. The van der Waals surface area contributed by atoms with Gasteiger partial charge in [-0.2, -0.15) is 0 Å². The highest BCUT2D eigenvalue weighted by molar-refractivity contribution is 6.00. The number of ether oxygens (including phenoxy) is 3. The van der Waals surface area contributed by atoms with Crippen molar-refractivity contribution < 1.29 is 33.7 Å². The van der Waals surface area contributed by atoms with Crippen LogP contribution in [0, 0.1) is 11.8 Å². The van der Waals surface area contributed by atoms with E-state index < -0.39 is 35.7 Å². The van der Waals surface area contributed by atoms with Crippen molar-refractivity contribution in [3.63, 3.8) is 0 Å². The molecule has 0 aromatic carbocycles. The molecule has 0 aliphatic carbocycles. The number of esters is 2. The molecule has 7 nitrogen and oxygen atoms in total. The quantitative estimate of drug-likeness (QED) is 0.588. The molecule has 7 heteroatoms. The molecule has 3 aliphatic heterocycles. The molecule has 27 heavy (non-hydrogen) atoms. The molecule has 146 valence electrons. The van der Waals surface area contributed by atoms with Crippen LogP contribution in [-0.2, 0) is 28.6 Å². The second-order valence-electron chi connectivity index (χ2n) is 7.47. The highest BCUT2D eigenvalue weighted by atomic mass is 16.6. The Bertz CT molecular complexity index is 762. The van der Waals surface area contributed by atoms with E-state index in [1.165, 1.54) is 6.08 Å². The third-order valence-corrected chi connectivity index (χ3v) is 5.51. The van der Waals surface area contributed by atoms with Gasteiger partial charge < -0.3 is 19.3 Å². The van der Waals surface area contributed by atoms with Gasteiger partial charge in [-0.25, -0.2) is 4.79 Å². The summed E-state index contributed by atoms with van der Waals surface area (Å²) in [5.74, 6) is -2.02. The van der Waals surface area contributed by atoms with E-state index in [4.69, 9.17) is 14.2 Å². The van der Waals surface area contributed by atoms with Crippen LogP contribution in [0.3, 0.4) is 0 Å². The van der Waals surface area contributed by atoms with E-state index in [1.54, 1.807) is 19.9 Å². The number of rotatable bonds is 4. The average Bonchev–Trinajstić information content (AvgIpc) is 3.08. The zero-order valence-electron chi connectivity index (χ0n) is 15.7. The Balaban J connectivity index is 2.05. The molecule has 0 spiro atoms. The van der Waals surface area contributed by atoms with Crippen molar-refractivity contribution >= 4 is 17.7 Å². The van der Waals surface area contributed by atoms with Crippen molar-refractivity contribution in [3.05, 3.63) is 35.6 Å². The fourth-order valence-corrected chi connectivity index (χ4v) is 3.54. The Labute approximate surface area is 157 Å². The summed E-state index contributed by atoms with van der Waals surface area (Å²) in [6.07, 6.45) is 1.93. The molecule has 0 aromatic rings. The zero-order chi connectivity index (χ0) is 19.9. The maximum atomic E-state index is 12.5. The summed E-state index contributed by atoms with van der Waals surface area (Å²) in [5, 5.41) is 9.71. The van der Waals surface area contributed by atoms with E-state index >= 15 is 0 Å². The Kier molecular flexibility index (Phi) is 4.99. The summed E-state index contributed by atoms with van der Waals surface area (Å²) in [6, 6.07) is 0. The Morgan fingerprint density at radius 2 is 2.19 bits per heavy atom.